The molecule has 1 amide bonds. The number of aromatic nitrogens is 3. The predicted molar refractivity (Wildman–Crippen MR) is 83.4 cm³/mol. The van der Waals surface area contributed by atoms with Crippen LogP contribution in [0.5, 0.6) is 0 Å². The summed E-state index contributed by atoms with van der Waals surface area (Å²) >= 11 is 0. The summed E-state index contributed by atoms with van der Waals surface area (Å²) in [6, 6.07) is 0. The molecule has 1 aromatic heterocycles. The molecule has 0 aliphatic carbocycles. The Balaban J connectivity index is 1.67. The van der Waals surface area contributed by atoms with Crippen LogP contribution in [0, 0.1) is 5.92 Å². The molecule has 0 saturated carbocycles. The highest BCUT2D eigenvalue weighted by atomic mass is 16.5. The van der Waals surface area contributed by atoms with Crippen LogP contribution in [-0.2, 0) is 22.5 Å². The first kappa shape index (κ1) is 16.9. The Labute approximate surface area is 132 Å². The molecule has 0 unspecified atom stereocenters. The van der Waals surface area contributed by atoms with E-state index in [4.69, 9.17) is 4.74 Å². The van der Waals surface area contributed by atoms with E-state index in [-0.39, 0.29) is 5.91 Å². The molecule has 124 valence electrons. The molecule has 1 aliphatic heterocycles. The van der Waals surface area contributed by atoms with E-state index in [1.165, 1.54) is 12.8 Å². The normalized spacial score (nSPS) is 19.3. The highest BCUT2D eigenvalue weighted by Crippen LogP contribution is 2.14. The van der Waals surface area contributed by atoms with Gasteiger partial charge in [-0.3, -0.25) is 9.69 Å². The summed E-state index contributed by atoms with van der Waals surface area (Å²) in [6.45, 7) is 6.76. The number of carbonyl (C=O) groups is 1. The number of nitrogens with zero attached hydrogens (tertiary/aromatic N) is 4. The monoisotopic (exact) mass is 309 g/mol. The molecule has 1 aromatic rings. The van der Waals surface area contributed by atoms with Crippen LogP contribution in [0.15, 0.2) is 6.33 Å². The van der Waals surface area contributed by atoms with Gasteiger partial charge in [0.1, 0.15) is 12.2 Å². The molecule has 2 heterocycles. The van der Waals surface area contributed by atoms with E-state index in [1.54, 1.807) is 13.4 Å². The van der Waals surface area contributed by atoms with Crippen LogP contribution in [-0.4, -0.2) is 65.5 Å². The first-order valence-electron chi connectivity index (χ1n) is 8.03. The zero-order valence-electron chi connectivity index (χ0n) is 13.6. The average Bonchev–Trinajstić information content (AvgIpc) is 2.92. The topological polar surface area (TPSA) is 72.3 Å². The Morgan fingerprint density at radius 2 is 2.41 bits per heavy atom. The molecular formula is C15H27N5O2. The lowest BCUT2D eigenvalue weighted by atomic mass is 10.0. The van der Waals surface area contributed by atoms with Gasteiger partial charge in [0.25, 0.3) is 0 Å². The van der Waals surface area contributed by atoms with Crippen molar-refractivity contribution < 1.29 is 9.53 Å². The number of ether oxygens (including phenoxy) is 1. The standard InChI is InChI=1S/C15H27N5O2/c1-13-4-3-7-19(10-13)11-15(21)16-6-5-14-18-17-12-20(14)8-9-22-2/h12-13H,3-11H2,1-2H3,(H,16,21)/t13-/m1/s1. The fourth-order valence-electron chi connectivity index (χ4n) is 2.85. The van der Waals surface area contributed by atoms with Crippen LogP contribution < -0.4 is 5.32 Å². The molecule has 1 aliphatic rings. The van der Waals surface area contributed by atoms with Gasteiger partial charge >= 0.3 is 0 Å². The molecule has 7 nitrogen and oxygen atoms in total. The van der Waals surface area contributed by atoms with E-state index in [2.05, 4.69) is 27.3 Å². The van der Waals surface area contributed by atoms with Crippen molar-refractivity contribution in [2.45, 2.75) is 32.7 Å². The van der Waals surface area contributed by atoms with Gasteiger partial charge < -0.3 is 14.6 Å². The van der Waals surface area contributed by atoms with Crippen molar-refractivity contribution in [3.05, 3.63) is 12.2 Å². The van der Waals surface area contributed by atoms with Gasteiger partial charge in [-0.25, -0.2) is 0 Å². The van der Waals surface area contributed by atoms with Crippen molar-refractivity contribution in [2.24, 2.45) is 5.92 Å². The number of hydrogen-bond acceptors (Lipinski definition) is 5. The molecule has 0 spiro atoms. The minimum absolute atomic E-state index is 0.0945. The molecular weight excluding hydrogens is 282 g/mol. The van der Waals surface area contributed by atoms with Crippen molar-refractivity contribution >= 4 is 5.91 Å². The van der Waals surface area contributed by atoms with E-state index in [0.717, 1.165) is 25.5 Å². The minimum Gasteiger partial charge on any atom is -0.383 e. The summed E-state index contributed by atoms with van der Waals surface area (Å²) in [7, 11) is 1.67. The summed E-state index contributed by atoms with van der Waals surface area (Å²) in [5.41, 5.74) is 0. The summed E-state index contributed by atoms with van der Waals surface area (Å²) in [6.07, 6.45) is 4.85. The molecule has 1 fully saturated rings. The number of likely N-dealkylation sites (tertiary alicyclic amines) is 1. The fraction of sp³-hybridized carbons (Fsp3) is 0.800. The molecule has 7 heteroatoms. The van der Waals surface area contributed by atoms with E-state index in [0.29, 0.717) is 32.0 Å². The van der Waals surface area contributed by atoms with Gasteiger partial charge in [-0.1, -0.05) is 6.92 Å². The Bertz CT molecular complexity index is 463. The van der Waals surface area contributed by atoms with Gasteiger partial charge in [0, 0.05) is 33.2 Å². The third kappa shape index (κ3) is 5.38. The third-order valence-electron chi connectivity index (χ3n) is 4.01. The van der Waals surface area contributed by atoms with Crippen molar-refractivity contribution in [1.29, 1.82) is 0 Å². The maximum Gasteiger partial charge on any atom is 0.234 e. The highest BCUT2D eigenvalue weighted by Gasteiger charge is 2.18. The van der Waals surface area contributed by atoms with Crippen LogP contribution in [0.1, 0.15) is 25.6 Å². The lowest BCUT2D eigenvalue weighted by Gasteiger charge is -2.30. The minimum atomic E-state index is 0.0945. The number of rotatable bonds is 8. The van der Waals surface area contributed by atoms with Gasteiger partial charge in [0.2, 0.25) is 5.91 Å². The fourth-order valence-corrected chi connectivity index (χ4v) is 2.85. The van der Waals surface area contributed by atoms with E-state index in [9.17, 15) is 4.79 Å². The predicted octanol–water partition coefficient (Wildman–Crippen LogP) is 0.315. The number of methoxy groups -OCH3 is 1. The first-order valence-corrected chi connectivity index (χ1v) is 8.03. The van der Waals surface area contributed by atoms with Gasteiger partial charge in [-0.2, -0.15) is 0 Å². The zero-order chi connectivity index (χ0) is 15.8. The van der Waals surface area contributed by atoms with E-state index < -0.39 is 0 Å². The molecule has 22 heavy (non-hydrogen) atoms. The molecule has 1 atom stereocenters. The van der Waals surface area contributed by atoms with Crippen molar-refractivity contribution in [1.82, 2.24) is 25.0 Å². The summed E-state index contributed by atoms with van der Waals surface area (Å²) in [5.74, 6) is 1.67. The maximum atomic E-state index is 12.0. The smallest absolute Gasteiger partial charge is 0.234 e. The summed E-state index contributed by atoms with van der Waals surface area (Å²) < 4.78 is 7.01. The van der Waals surface area contributed by atoms with Crippen LogP contribution in [0.3, 0.4) is 0 Å². The van der Waals surface area contributed by atoms with Crippen LogP contribution in [0.2, 0.25) is 0 Å². The van der Waals surface area contributed by atoms with Crippen molar-refractivity contribution in [3.63, 3.8) is 0 Å². The Morgan fingerprint density at radius 3 is 3.18 bits per heavy atom. The largest absolute Gasteiger partial charge is 0.383 e. The van der Waals surface area contributed by atoms with E-state index in [1.807, 2.05) is 4.57 Å². The first-order chi connectivity index (χ1) is 10.7. The number of nitrogens with one attached hydrogen (secondary N) is 1. The Morgan fingerprint density at radius 1 is 1.55 bits per heavy atom. The van der Waals surface area contributed by atoms with Gasteiger partial charge in [-0.05, 0) is 25.3 Å². The molecule has 2 rings (SSSR count). The van der Waals surface area contributed by atoms with Crippen molar-refractivity contribution in [2.75, 3.05) is 39.9 Å². The van der Waals surface area contributed by atoms with E-state index >= 15 is 0 Å². The van der Waals surface area contributed by atoms with Crippen LogP contribution in [0.25, 0.3) is 0 Å². The van der Waals surface area contributed by atoms with Gasteiger partial charge in [-0.15, -0.1) is 10.2 Å². The second-order valence-corrected chi connectivity index (χ2v) is 6.02. The lowest BCUT2D eigenvalue weighted by Crippen LogP contribution is -2.42. The molecule has 1 saturated heterocycles. The Hall–Kier alpha value is -1.47. The highest BCUT2D eigenvalue weighted by molar-refractivity contribution is 5.78. The summed E-state index contributed by atoms with van der Waals surface area (Å²) in [4.78, 5) is 14.2. The number of hydrogen-bond donors (Lipinski definition) is 1. The lowest BCUT2D eigenvalue weighted by molar-refractivity contribution is -0.122. The molecule has 1 N–H and O–H groups in total. The summed E-state index contributed by atoms with van der Waals surface area (Å²) in [5, 5.41) is 11.0. The average molecular weight is 309 g/mol. The van der Waals surface area contributed by atoms with Crippen LogP contribution >= 0.6 is 0 Å². The number of carbonyl (C=O) groups excluding carboxylic acids is 1. The maximum absolute atomic E-state index is 12.0. The van der Waals surface area contributed by atoms with Gasteiger partial charge in [0.05, 0.1) is 13.2 Å². The number of piperidine rings is 1. The molecule has 0 aromatic carbocycles. The molecule has 0 radical (unpaired) electrons. The second kappa shape index (κ2) is 8.85. The second-order valence-electron chi connectivity index (χ2n) is 6.02. The van der Waals surface area contributed by atoms with Crippen molar-refractivity contribution in [3.8, 4) is 0 Å². The third-order valence-corrected chi connectivity index (χ3v) is 4.01. The van der Waals surface area contributed by atoms with Gasteiger partial charge in [0.15, 0.2) is 0 Å². The Kier molecular flexibility index (Phi) is 6.79. The molecule has 0 bridgehead atoms. The van der Waals surface area contributed by atoms with Crippen LogP contribution in [0.4, 0.5) is 0 Å². The SMILES string of the molecule is COCCn1cnnc1CCNC(=O)CN1CCC[C@@H](C)C1. The number of amides is 1. The zero-order valence-corrected chi connectivity index (χ0v) is 13.6. The quantitative estimate of drug-likeness (QED) is 0.748.